The summed E-state index contributed by atoms with van der Waals surface area (Å²) in [5.41, 5.74) is 0.0321. The van der Waals surface area contributed by atoms with Gasteiger partial charge in [0.25, 0.3) is 5.91 Å². The highest BCUT2D eigenvalue weighted by Crippen LogP contribution is 2.36. The third-order valence-electron chi connectivity index (χ3n) is 4.39. The number of carbonyl (C=O) groups excluding carboxylic acids is 1. The van der Waals surface area contributed by atoms with Gasteiger partial charge in [-0.25, -0.2) is 8.42 Å². The molecular weight excluding hydrogens is 316 g/mol. The highest BCUT2D eigenvalue weighted by atomic mass is 32.2. The Labute approximate surface area is 136 Å². The molecule has 3 rings (SSSR count). The number of carbonyl (C=O) groups is 1. The van der Waals surface area contributed by atoms with E-state index in [4.69, 9.17) is 4.74 Å². The molecule has 1 saturated carbocycles. The molecule has 0 aromatic heterocycles. The van der Waals surface area contributed by atoms with Crippen molar-refractivity contribution in [2.75, 3.05) is 10.0 Å². The third-order valence-corrected chi connectivity index (χ3v) is 6.26. The lowest BCUT2D eigenvalue weighted by molar-refractivity contribution is -0.129. The average molecular weight is 338 g/mol. The molecular formula is C16H22N2O4S. The summed E-state index contributed by atoms with van der Waals surface area (Å²) in [5, 5.41) is 2.43. The molecule has 1 aromatic rings. The van der Waals surface area contributed by atoms with Crippen LogP contribution in [-0.2, 0) is 14.8 Å². The Hall–Kier alpha value is -1.76. The Morgan fingerprint density at radius 1 is 1.22 bits per heavy atom. The first-order valence-electron chi connectivity index (χ1n) is 7.94. The molecule has 1 amide bonds. The van der Waals surface area contributed by atoms with Crippen LogP contribution in [0.1, 0.15) is 46.0 Å². The van der Waals surface area contributed by atoms with E-state index in [1.165, 1.54) is 0 Å². The standard InChI is InChI=1S/C16H22N2O4S/c1-16(2)15(19)17-13-9-8-11(10-14(13)22-16)18-23(20,21)12-6-4-3-5-7-12/h8-10,12,18H,3-7H2,1-2H3,(H,17,19). The van der Waals surface area contributed by atoms with Crippen molar-refractivity contribution >= 4 is 27.3 Å². The van der Waals surface area contributed by atoms with Gasteiger partial charge in [0.05, 0.1) is 16.6 Å². The molecule has 0 radical (unpaired) electrons. The smallest absolute Gasteiger partial charge is 0.268 e. The molecule has 0 unspecified atom stereocenters. The second-order valence-corrected chi connectivity index (χ2v) is 8.65. The molecule has 1 aliphatic heterocycles. The Morgan fingerprint density at radius 3 is 2.61 bits per heavy atom. The number of rotatable bonds is 3. The minimum absolute atomic E-state index is 0.222. The minimum Gasteiger partial charge on any atom is -0.476 e. The van der Waals surface area contributed by atoms with E-state index >= 15 is 0 Å². The summed E-state index contributed by atoms with van der Waals surface area (Å²) in [5.74, 6) is 0.249. The summed E-state index contributed by atoms with van der Waals surface area (Å²) >= 11 is 0. The molecule has 0 atom stereocenters. The second-order valence-electron chi connectivity index (χ2n) is 6.68. The molecule has 0 saturated heterocycles. The molecule has 0 spiro atoms. The molecule has 6 nitrogen and oxygen atoms in total. The van der Waals surface area contributed by atoms with Crippen molar-refractivity contribution in [3.05, 3.63) is 18.2 Å². The summed E-state index contributed by atoms with van der Waals surface area (Å²) in [7, 11) is -3.40. The molecule has 1 fully saturated rings. The fraction of sp³-hybridized carbons (Fsp3) is 0.562. The maximum atomic E-state index is 12.5. The van der Waals surface area contributed by atoms with E-state index in [9.17, 15) is 13.2 Å². The molecule has 1 aromatic carbocycles. The summed E-state index contributed by atoms with van der Waals surface area (Å²) in [4.78, 5) is 11.9. The van der Waals surface area contributed by atoms with E-state index in [0.29, 0.717) is 30.0 Å². The van der Waals surface area contributed by atoms with Gasteiger partial charge in [0, 0.05) is 6.07 Å². The number of amides is 1. The fourth-order valence-electron chi connectivity index (χ4n) is 2.99. The van der Waals surface area contributed by atoms with Crippen LogP contribution in [0.5, 0.6) is 5.75 Å². The van der Waals surface area contributed by atoms with E-state index in [1.807, 2.05) is 0 Å². The number of ether oxygens (including phenoxy) is 1. The average Bonchev–Trinajstić information content (AvgIpc) is 2.49. The number of nitrogens with one attached hydrogen (secondary N) is 2. The lowest BCUT2D eigenvalue weighted by Gasteiger charge is -2.32. The van der Waals surface area contributed by atoms with Gasteiger partial charge in [-0.05, 0) is 38.8 Å². The van der Waals surface area contributed by atoms with Crippen molar-refractivity contribution in [2.45, 2.75) is 56.8 Å². The molecule has 2 N–H and O–H groups in total. The van der Waals surface area contributed by atoms with E-state index in [-0.39, 0.29) is 11.2 Å². The number of benzene rings is 1. The molecule has 126 valence electrons. The Bertz CT molecular complexity index is 722. The van der Waals surface area contributed by atoms with E-state index in [2.05, 4.69) is 10.0 Å². The molecule has 7 heteroatoms. The molecule has 1 aliphatic carbocycles. The molecule has 23 heavy (non-hydrogen) atoms. The van der Waals surface area contributed by atoms with Crippen molar-refractivity contribution in [3.63, 3.8) is 0 Å². The van der Waals surface area contributed by atoms with E-state index < -0.39 is 15.6 Å². The second kappa shape index (κ2) is 5.70. The summed E-state index contributed by atoms with van der Waals surface area (Å²) in [6, 6.07) is 4.92. The van der Waals surface area contributed by atoms with Crippen molar-refractivity contribution in [2.24, 2.45) is 0 Å². The summed E-state index contributed by atoms with van der Waals surface area (Å²) in [6.07, 6.45) is 4.44. The first-order valence-corrected chi connectivity index (χ1v) is 9.49. The quantitative estimate of drug-likeness (QED) is 0.887. The highest BCUT2D eigenvalue weighted by molar-refractivity contribution is 7.93. The Balaban J connectivity index is 1.81. The van der Waals surface area contributed by atoms with Crippen LogP contribution in [0.15, 0.2) is 18.2 Å². The van der Waals surface area contributed by atoms with Crippen LogP contribution in [0, 0.1) is 0 Å². The van der Waals surface area contributed by atoms with Crippen molar-refractivity contribution in [3.8, 4) is 5.75 Å². The van der Waals surface area contributed by atoms with Gasteiger partial charge in [-0.15, -0.1) is 0 Å². The van der Waals surface area contributed by atoms with Crippen LogP contribution in [0.3, 0.4) is 0 Å². The number of hydrogen-bond acceptors (Lipinski definition) is 4. The van der Waals surface area contributed by atoms with Crippen molar-refractivity contribution in [1.82, 2.24) is 0 Å². The molecule has 2 aliphatic rings. The van der Waals surface area contributed by atoms with Crippen LogP contribution in [-0.4, -0.2) is 25.2 Å². The third kappa shape index (κ3) is 3.29. The zero-order valence-electron chi connectivity index (χ0n) is 13.4. The van der Waals surface area contributed by atoms with Gasteiger partial charge in [0.15, 0.2) is 5.60 Å². The van der Waals surface area contributed by atoms with Crippen LogP contribution >= 0.6 is 0 Å². The zero-order valence-corrected chi connectivity index (χ0v) is 14.2. The number of hydrogen-bond donors (Lipinski definition) is 2. The highest BCUT2D eigenvalue weighted by Gasteiger charge is 2.35. The van der Waals surface area contributed by atoms with Gasteiger partial charge in [-0.2, -0.15) is 0 Å². The normalized spacial score (nSPS) is 21.0. The summed E-state index contributed by atoms with van der Waals surface area (Å²) in [6.45, 7) is 3.34. The lowest BCUT2D eigenvalue weighted by atomic mass is 10.0. The topological polar surface area (TPSA) is 84.5 Å². The van der Waals surface area contributed by atoms with Gasteiger partial charge >= 0.3 is 0 Å². The lowest BCUT2D eigenvalue weighted by Crippen LogP contribution is -2.45. The van der Waals surface area contributed by atoms with Gasteiger partial charge in [-0.3, -0.25) is 9.52 Å². The molecule has 1 heterocycles. The Kier molecular flexibility index (Phi) is 4.00. The van der Waals surface area contributed by atoms with Crippen LogP contribution < -0.4 is 14.8 Å². The van der Waals surface area contributed by atoms with Crippen molar-refractivity contribution < 1.29 is 17.9 Å². The molecule has 0 bridgehead atoms. The fourth-order valence-corrected chi connectivity index (χ4v) is 4.57. The van der Waals surface area contributed by atoms with Crippen LogP contribution in [0.4, 0.5) is 11.4 Å². The zero-order chi connectivity index (χ0) is 16.7. The van der Waals surface area contributed by atoms with Crippen LogP contribution in [0.25, 0.3) is 0 Å². The van der Waals surface area contributed by atoms with E-state index in [1.54, 1.807) is 32.0 Å². The predicted octanol–water partition coefficient (Wildman–Crippen LogP) is 2.87. The van der Waals surface area contributed by atoms with Gasteiger partial charge in [-0.1, -0.05) is 19.3 Å². The van der Waals surface area contributed by atoms with Gasteiger partial charge in [0.2, 0.25) is 10.0 Å². The summed E-state index contributed by atoms with van der Waals surface area (Å²) < 4.78 is 33.3. The Morgan fingerprint density at radius 2 is 1.91 bits per heavy atom. The van der Waals surface area contributed by atoms with E-state index in [0.717, 1.165) is 19.3 Å². The van der Waals surface area contributed by atoms with Crippen molar-refractivity contribution in [1.29, 1.82) is 0 Å². The first kappa shape index (κ1) is 16.1. The number of fused-ring (bicyclic) bond motifs is 1. The minimum atomic E-state index is -3.40. The van der Waals surface area contributed by atoms with Crippen LogP contribution in [0.2, 0.25) is 0 Å². The SMILES string of the molecule is CC1(C)Oc2cc(NS(=O)(=O)C3CCCCC3)ccc2NC1=O. The maximum Gasteiger partial charge on any atom is 0.268 e. The monoisotopic (exact) mass is 338 g/mol. The maximum absolute atomic E-state index is 12.5. The first-order chi connectivity index (χ1) is 10.8. The number of anilines is 2. The largest absolute Gasteiger partial charge is 0.476 e. The van der Waals surface area contributed by atoms with Gasteiger partial charge in [0.1, 0.15) is 5.75 Å². The predicted molar refractivity (Wildman–Crippen MR) is 89.2 cm³/mol. The van der Waals surface area contributed by atoms with Gasteiger partial charge < -0.3 is 10.1 Å². The number of sulfonamides is 1.